The summed E-state index contributed by atoms with van der Waals surface area (Å²) in [6, 6.07) is 0. The summed E-state index contributed by atoms with van der Waals surface area (Å²) in [5.74, 6) is 0. The molecule has 0 aromatic heterocycles. The second-order valence-corrected chi connectivity index (χ2v) is 10.9. The molecule has 1 aliphatic heterocycles. The molecule has 1 rings (SSSR count). The average molecular weight is 395 g/mol. The zero-order chi connectivity index (χ0) is 9.24. The van der Waals surface area contributed by atoms with Crippen LogP contribution in [0, 0.1) is 10.8 Å². The Morgan fingerprint density at radius 1 is 0.667 bits per heavy atom. The van der Waals surface area contributed by atoms with Crippen molar-refractivity contribution in [2.24, 2.45) is 10.8 Å². The van der Waals surface area contributed by atoms with E-state index in [1.807, 2.05) is 0 Å². The molecule has 0 nitrogen and oxygen atoms in total. The first-order valence-electron chi connectivity index (χ1n) is 4.57. The first-order chi connectivity index (χ1) is 5.41. The summed E-state index contributed by atoms with van der Waals surface area (Å²) in [6.45, 7) is 9.95. The van der Waals surface area contributed by atoms with Gasteiger partial charge in [0.25, 0.3) is 0 Å². The van der Waals surface area contributed by atoms with Gasteiger partial charge in [0.15, 0.2) is 0 Å². The van der Waals surface area contributed by atoms with Crippen LogP contribution in [-0.4, -0.2) is 41.8 Å². The Kier molecular flexibility index (Phi) is 4.27. The molecule has 0 spiro atoms. The first kappa shape index (κ1) is 11.7. The van der Waals surface area contributed by atoms with Gasteiger partial charge in [0.05, 0.1) is 0 Å². The third-order valence-electron chi connectivity index (χ3n) is 1.97. The number of rotatable bonds is 0. The number of hydrogen-bond acceptors (Lipinski definition) is 0. The van der Waals surface area contributed by atoms with E-state index in [9.17, 15) is 0 Å². The summed E-state index contributed by atoms with van der Waals surface area (Å²) in [5.41, 5.74) is 1.47. The van der Waals surface area contributed by atoms with E-state index in [-0.39, 0.29) is 0 Å². The zero-order valence-corrected chi connectivity index (χ0v) is 13.3. The molecule has 1 saturated heterocycles. The van der Waals surface area contributed by atoms with Crippen LogP contribution in [0.2, 0.25) is 17.9 Å². The molecular formula is C10H20Te2. The second-order valence-electron chi connectivity index (χ2n) is 5.31. The maximum atomic E-state index is 2.49. The van der Waals surface area contributed by atoms with Gasteiger partial charge in [-0.2, -0.15) is 0 Å². The SMILES string of the molecule is CC1(C)C[Te]CC(C)(C)C[Te]C1. The van der Waals surface area contributed by atoms with Crippen LogP contribution in [0.5, 0.6) is 0 Å². The molecule has 2 heteroatoms. The Bertz CT molecular complexity index is 120. The summed E-state index contributed by atoms with van der Waals surface area (Å²) in [5, 5.41) is 0. The molecule has 0 aliphatic carbocycles. The van der Waals surface area contributed by atoms with E-state index < -0.39 is 0 Å². The Hall–Kier alpha value is 1.58. The van der Waals surface area contributed by atoms with Crippen molar-refractivity contribution in [2.45, 2.75) is 45.6 Å². The van der Waals surface area contributed by atoms with Gasteiger partial charge in [0, 0.05) is 0 Å². The summed E-state index contributed by atoms with van der Waals surface area (Å²) in [7, 11) is 0. The van der Waals surface area contributed by atoms with Crippen molar-refractivity contribution in [3.63, 3.8) is 0 Å². The second kappa shape index (κ2) is 4.40. The van der Waals surface area contributed by atoms with Gasteiger partial charge in [-0.05, 0) is 0 Å². The molecule has 0 amide bonds. The van der Waals surface area contributed by atoms with Crippen molar-refractivity contribution in [3.05, 3.63) is 0 Å². The van der Waals surface area contributed by atoms with E-state index in [0.29, 0.717) is 41.8 Å². The minimum atomic E-state index is 0.340. The van der Waals surface area contributed by atoms with E-state index in [1.54, 1.807) is 17.9 Å². The molecule has 0 N–H and O–H groups in total. The quantitative estimate of drug-likeness (QED) is 0.553. The topological polar surface area (TPSA) is 0 Å². The van der Waals surface area contributed by atoms with Gasteiger partial charge in [-0.25, -0.2) is 0 Å². The average Bonchev–Trinajstić information content (AvgIpc) is 1.82. The minimum absolute atomic E-state index is 0.340. The molecule has 0 bridgehead atoms. The Morgan fingerprint density at radius 3 is 1.17 bits per heavy atom. The van der Waals surface area contributed by atoms with Crippen LogP contribution in [-0.2, 0) is 0 Å². The molecule has 1 fully saturated rings. The van der Waals surface area contributed by atoms with Crippen LogP contribution < -0.4 is 0 Å². The maximum absolute atomic E-state index is 2.49. The Balaban J connectivity index is 2.45. The fourth-order valence-corrected chi connectivity index (χ4v) is 11.8. The molecule has 0 radical (unpaired) electrons. The van der Waals surface area contributed by atoms with Gasteiger partial charge in [0.1, 0.15) is 0 Å². The van der Waals surface area contributed by atoms with Crippen molar-refractivity contribution in [2.75, 3.05) is 0 Å². The normalized spacial score (nSPS) is 29.0. The monoisotopic (exact) mass is 400 g/mol. The fraction of sp³-hybridized carbons (Fsp3) is 1.00. The van der Waals surface area contributed by atoms with Crippen LogP contribution in [0.1, 0.15) is 27.7 Å². The fourth-order valence-electron chi connectivity index (χ4n) is 1.29. The van der Waals surface area contributed by atoms with Crippen molar-refractivity contribution in [1.82, 2.24) is 0 Å². The van der Waals surface area contributed by atoms with E-state index in [2.05, 4.69) is 27.7 Å². The number of hydrogen-bond donors (Lipinski definition) is 0. The summed E-state index contributed by atoms with van der Waals surface area (Å²) in [6.07, 6.45) is 0. The van der Waals surface area contributed by atoms with Crippen LogP contribution in [0.4, 0.5) is 0 Å². The molecule has 0 aromatic carbocycles. The molecular weight excluding hydrogens is 375 g/mol. The van der Waals surface area contributed by atoms with Gasteiger partial charge in [0.2, 0.25) is 0 Å². The van der Waals surface area contributed by atoms with Crippen molar-refractivity contribution in [1.29, 1.82) is 0 Å². The molecule has 72 valence electrons. The van der Waals surface area contributed by atoms with Crippen LogP contribution >= 0.6 is 0 Å². The van der Waals surface area contributed by atoms with Crippen molar-refractivity contribution in [3.8, 4) is 0 Å². The van der Waals surface area contributed by atoms with Crippen molar-refractivity contribution >= 4 is 41.8 Å². The van der Waals surface area contributed by atoms with Gasteiger partial charge in [-0.3, -0.25) is 0 Å². The molecule has 0 atom stereocenters. The van der Waals surface area contributed by atoms with Gasteiger partial charge < -0.3 is 0 Å². The molecule has 1 aliphatic rings. The van der Waals surface area contributed by atoms with Crippen molar-refractivity contribution < 1.29 is 0 Å². The van der Waals surface area contributed by atoms with Gasteiger partial charge >= 0.3 is 98.2 Å². The van der Waals surface area contributed by atoms with E-state index in [1.165, 1.54) is 0 Å². The predicted octanol–water partition coefficient (Wildman–Crippen LogP) is 3.13. The third kappa shape index (κ3) is 4.19. The first-order valence-corrected chi connectivity index (χ1v) is 11.2. The van der Waals surface area contributed by atoms with Gasteiger partial charge in [-0.1, -0.05) is 0 Å². The zero-order valence-electron chi connectivity index (χ0n) is 8.64. The van der Waals surface area contributed by atoms with E-state index in [4.69, 9.17) is 0 Å². The Labute approximate surface area is 97.4 Å². The van der Waals surface area contributed by atoms with Crippen LogP contribution in [0.3, 0.4) is 0 Å². The van der Waals surface area contributed by atoms with E-state index in [0.717, 1.165) is 10.8 Å². The molecule has 0 aromatic rings. The predicted molar refractivity (Wildman–Crippen MR) is 58.3 cm³/mol. The summed E-state index contributed by atoms with van der Waals surface area (Å²) < 4.78 is 6.36. The molecule has 0 unspecified atom stereocenters. The molecule has 12 heavy (non-hydrogen) atoms. The Morgan fingerprint density at radius 2 is 0.917 bits per heavy atom. The summed E-state index contributed by atoms with van der Waals surface area (Å²) in [4.78, 5) is 0. The molecule has 1 heterocycles. The van der Waals surface area contributed by atoms with Crippen LogP contribution in [0.25, 0.3) is 0 Å². The standard InChI is InChI=1S/C10H20Te2/c1-9(2)5-11-7-10(3,4)8-12-6-9/h5-8H2,1-4H3. The van der Waals surface area contributed by atoms with E-state index >= 15 is 0 Å². The summed E-state index contributed by atoms with van der Waals surface area (Å²) >= 11 is 0.680. The molecule has 0 saturated carbocycles. The van der Waals surface area contributed by atoms with Gasteiger partial charge in [-0.15, -0.1) is 0 Å². The third-order valence-corrected chi connectivity index (χ3v) is 13.2. The van der Waals surface area contributed by atoms with Crippen LogP contribution in [0.15, 0.2) is 0 Å².